The number of aryl methyl sites for hydroxylation is 2. The first-order valence-electron chi connectivity index (χ1n) is 19.1. The normalized spacial score (nSPS) is 15.5. The Labute approximate surface area is 341 Å². The van der Waals surface area contributed by atoms with Crippen LogP contribution in [0.5, 0.6) is 0 Å². The molecule has 2 aliphatic rings. The molecule has 0 fully saturated rings. The van der Waals surface area contributed by atoms with E-state index in [1.165, 1.54) is 44.5 Å². The van der Waals surface area contributed by atoms with Gasteiger partial charge in [-0.2, -0.15) is 21.9 Å². The summed E-state index contributed by atoms with van der Waals surface area (Å²) in [6.45, 7) is 25.7. The molecule has 6 nitrogen and oxygen atoms in total. The maximum absolute atomic E-state index is 9.15. The van der Waals surface area contributed by atoms with Gasteiger partial charge < -0.3 is 9.97 Å². The van der Waals surface area contributed by atoms with E-state index in [-0.39, 0.29) is 19.5 Å². The van der Waals surface area contributed by atoms with Gasteiger partial charge in [-0.05, 0) is 136 Å². The van der Waals surface area contributed by atoms with Crippen LogP contribution in [0.1, 0.15) is 136 Å². The van der Waals surface area contributed by atoms with Crippen molar-refractivity contribution in [2.45, 2.75) is 109 Å². The van der Waals surface area contributed by atoms with Crippen LogP contribution >= 0.6 is 0 Å². The second kappa shape index (κ2) is 18.0. The van der Waals surface area contributed by atoms with Crippen LogP contribution in [0.4, 0.5) is 0 Å². The third kappa shape index (κ3) is 8.15. The second-order valence-corrected chi connectivity index (χ2v) is 14.1. The minimum absolute atomic E-state index is 0. The van der Waals surface area contributed by atoms with Gasteiger partial charge in [-0.1, -0.05) is 88.1 Å². The van der Waals surface area contributed by atoms with Crippen LogP contribution in [-0.2, 0) is 32.3 Å². The van der Waals surface area contributed by atoms with Crippen molar-refractivity contribution in [2.24, 2.45) is 9.98 Å². The summed E-state index contributed by atoms with van der Waals surface area (Å²) in [5.41, 5.74) is 24.1. The van der Waals surface area contributed by atoms with E-state index >= 15 is 0 Å². The van der Waals surface area contributed by atoms with Crippen molar-refractivity contribution in [1.82, 2.24) is 9.97 Å². The molecule has 0 aliphatic carbocycles. The Kier molecular flexibility index (Phi) is 14.0. The molecule has 0 amide bonds. The maximum Gasteiger partial charge on any atom is 2.00 e. The van der Waals surface area contributed by atoms with Crippen molar-refractivity contribution in [3.63, 3.8) is 0 Å². The number of aromatic nitrogens is 2. The van der Waals surface area contributed by atoms with Crippen molar-refractivity contribution in [2.75, 3.05) is 0 Å². The van der Waals surface area contributed by atoms with Crippen molar-refractivity contribution < 1.29 is 19.5 Å². The predicted octanol–water partition coefficient (Wildman–Crippen LogP) is 11.3. The van der Waals surface area contributed by atoms with Crippen molar-refractivity contribution in [3.8, 4) is 12.1 Å². The fraction of sp³-hybridized carbons (Fsp3) is 0.333. The summed E-state index contributed by atoms with van der Waals surface area (Å²) in [6, 6.07) is 19.9. The largest absolute Gasteiger partial charge is 2.00 e. The summed E-state index contributed by atoms with van der Waals surface area (Å²) in [5.74, 6) is 0. The van der Waals surface area contributed by atoms with Crippen LogP contribution in [0.2, 0.25) is 0 Å². The standard InChI is InChI=1S/2C24H26N3.Zn/c2*1-7-20-14(3)23(26-16(20)5)22(19-11-9-18(13-25)10-12-19)24-15(4)21(8-2)17(6)27-24;/h2*9-12H,7-8H2,1-6H3;/q2*-1;+2/b2*23-22-;. The molecule has 0 N–H and O–H groups in total. The van der Waals surface area contributed by atoms with Crippen LogP contribution in [0.25, 0.3) is 11.1 Å². The number of allylic oxidation sites excluding steroid dienone is 4. The van der Waals surface area contributed by atoms with Crippen LogP contribution in [0.3, 0.4) is 0 Å². The number of hydrogen-bond donors (Lipinski definition) is 0. The van der Waals surface area contributed by atoms with Crippen molar-refractivity contribution >= 4 is 22.6 Å². The Bertz CT molecular complexity index is 2210. The number of hydrogen-bond acceptors (Lipinski definition) is 4. The number of nitrogens with zero attached hydrogens (tertiary/aromatic N) is 6. The molecule has 6 rings (SSSR count). The molecule has 2 aliphatic heterocycles. The fourth-order valence-electron chi connectivity index (χ4n) is 8.18. The first kappa shape index (κ1) is 42.6. The van der Waals surface area contributed by atoms with Gasteiger partial charge in [0.15, 0.2) is 0 Å². The monoisotopic (exact) mass is 776 g/mol. The molecule has 0 saturated heterocycles. The summed E-state index contributed by atoms with van der Waals surface area (Å²) >= 11 is 0. The summed E-state index contributed by atoms with van der Waals surface area (Å²) in [4.78, 5) is 19.8. The molecule has 0 bridgehead atoms. The molecule has 4 heterocycles. The molecule has 0 atom stereocenters. The van der Waals surface area contributed by atoms with E-state index in [0.717, 1.165) is 93.5 Å². The van der Waals surface area contributed by atoms with Crippen molar-refractivity contribution in [1.29, 1.82) is 10.5 Å². The number of rotatable bonds is 8. The Hall–Kier alpha value is -5.10. The fourth-order valence-corrected chi connectivity index (χ4v) is 8.18. The number of aliphatic imine (C=N–C) groups is 2. The summed E-state index contributed by atoms with van der Waals surface area (Å²) < 4.78 is 0. The topological polar surface area (TPSA) is 100 Å². The minimum atomic E-state index is 0. The molecule has 0 spiro atoms. The van der Waals surface area contributed by atoms with E-state index in [2.05, 4.69) is 95.2 Å². The Balaban J connectivity index is 0.000000240. The zero-order valence-electron chi connectivity index (χ0n) is 34.8. The molecule has 4 aromatic rings. The number of nitriles is 2. The third-order valence-corrected chi connectivity index (χ3v) is 11.1. The number of benzene rings is 2. The molecule has 0 saturated carbocycles. The first-order valence-corrected chi connectivity index (χ1v) is 19.1. The van der Waals surface area contributed by atoms with Crippen molar-refractivity contribution in [3.05, 3.63) is 150 Å². The van der Waals surface area contributed by atoms with Gasteiger partial charge in [0.1, 0.15) is 0 Å². The summed E-state index contributed by atoms with van der Waals surface area (Å²) in [7, 11) is 0. The molecule has 7 heteroatoms. The first-order chi connectivity index (χ1) is 25.8. The van der Waals surface area contributed by atoms with Crippen LogP contribution in [0.15, 0.2) is 92.2 Å². The van der Waals surface area contributed by atoms with E-state index in [4.69, 9.17) is 30.5 Å². The van der Waals surface area contributed by atoms with Gasteiger partial charge in [-0.25, -0.2) is 0 Å². The molecule has 55 heavy (non-hydrogen) atoms. The predicted molar refractivity (Wildman–Crippen MR) is 224 cm³/mol. The zero-order chi connectivity index (χ0) is 39.4. The summed E-state index contributed by atoms with van der Waals surface area (Å²) in [5, 5.41) is 18.3. The van der Waals surface area contributed by atoms with E-state index in [0.29, 0.717) is 11.1 Å². The molecule has 0 radical (unpaired) electrons. The molecular weight excluding hydrogens is 726 g/mol. The summed E-state index contributed by atoms with van der Waals surface area (Å²) in [6.07, 6.45) is 3.88. The van der Waals surface area contributed by atoms with E-state index in [9.17, 15) is 0 Å². The van der Waals surface area contributed by atoms with E-state index in [1.807, 2.05) is 48.5 Å². The van der Waals surface area contributed by atoms with Gasteiger partial charge in [0.05, 0.1) is 34.7 Å². The molecular formula is C48H52N6Zn. The quantitative estimate of drug-likeness (QED) is 0.166. The van der Waals surface area contributed by atoms with Gasteiger partial charge in [-0.15, -0.1) is 11.4 Å². The molecule has 0 unspecified atom stereocenters. The smallest absolute Gasteiger partial charge is 0.660 e. The van der Waals surface area contributed by atoms with Gasteiger partial charge in [-0.3, -0.25) is 9.98 Å². The van der Waals surface area contributed by atoms with E-state index < -0.39 is 0 Å². The van der Waals surface area contributed by atoms with Gasteiger partial charge in [0, 0.05) is 11.4 Å². The maximum atomic E-state index is 9.15. The average Bonchev–Trinajstić information content (AvgIpc) is 3.83. The minimum Gasteiger partial charge on any atom is -0.660 e. The SMILES string of the molecule is CCC1=C(C)/C(=C(\c2ccc(C#N)cc2)c2[n-]c(C)c(CC)c2C)N=C1C.CCC1=C(C)/C(=C(\c2ccc(C#N)cc2)c2[n-]c(C)c(CC)c2C)N=C1C.[Zn+2]. The second-order valence-electron chi connectivity index (χ2n) is 14.1. The Morgan fingerprint density at radius 3 is 1.09 bits per heavy atom. The molecule has 276 valence electrons. The molecule has 2 aromatic carbocycles. The van der Waals surface area contributed by atoms with Crippen LogP contribution < -0.4 is 9.97 Å². The van der Waals surface area contributed by atoms with Gasteiger partial charge >= 0.3 is 19.5 Å². The Morgan fingerprint density at radius 1 is 0.527 bits per heavy atom. The van der Waals surface area contributed by atoms with E-state index in [1.54, 1.807) is 0 Å². The van der Waals surface area contributed by atoms with Crippen LogP contribution in [0, 0.1) is 50.4 Å². The van der Waals surface area contributed by atoms with Gasteiger partial charge in [0.2, 0.25) is 0 Å². The Morgan fingerprint density at radius 2 is 0.855 bits per heavy atom. The van der Waals surface area contributed by atoms with Gasteiger partial charge in [0.25, 0.3) is 0 Å². The van der Waals surface area contributed by atoms with Crippen LogP contribution in [-0.4, -0.2) is 11.4 Å². The molecule has 2 aromatic heterocycles. The third-order valence-electron chi connectivity index (χ3n) is 11.1. The zero-order valence-corrected chi connectivity index (χ0v) is 37.8. The average molecular weight is 778 g/mol.